The Bertz CT molecular complexity index is 970. The number of para-hydroxylation sites is 1. The van der Waals surface area contributed by atoms with Gasteiger partial charge in [-0.2, -0.15) is 0 Å². The van der Waals surface area contributed by atoms with Crippen molar-refractivity contribution in [1.82, 2.24) is 0 Å². The van der Waals surface area contributed by atoms with Crippen LogP contribution in [0.4, 0.5) is 15.8 Å². The standard InChI is InChI=1S/C18H13FN2O5/c1-10(22)15-16(11-5-4-6-12(9-11)21(25)26)20(18(24)17(15)23)14-8-3-2-7-13(14)19/h2-9,16,23H,1H3/t16-/m1/s1. The lowest BCUT2D eigenvalue weighted by Gasteiger charge is -2.26. The average molecular weight is 356 g/mol. The smallest absolute Gasteiger partial charge is 0.294 e. The molecule has 1 aliphatic rings. The molecule has 0 saturated carbocycles. The fourth-order valence-electron chi connectivity index (χ4n) is 2.98. The number of aliphatic hydroxyl groups excluding tert-OH is 1. The highest BCUT2D eigenvalue weighted by atomic mass is 19.1. The summed E-state index contributed by atoms with van der Waals surface area (Å²) in [6.07, 6.45) is 0. The summed E-state index contributed by atoms with van der Waals surface area (Å²) >= 11 is 0. The Morgan fingerprint density at radius 2 is 1.92 bits per heavy atom. The highest BCUT2D eigenvalue weighted by Crippen LogP contribution is 2.42. The number of nitrogens with zero attached hydrogens (tertiary/aromatic N) is 2. The van der Waals surface area contributed by atoms with Crippen molar-refractivity contribution in [3.8, 4) is 0 Å². The number of ketones is 1. The highest BCUT2D eigenvalue weighted by molar-refractivity contribution is 6.16. The van der Waals surface area contributed by atoms with Crippen LogP contribution in [0.2, 0.25) is 0 Å². The number of aliphatic hydroxyl groups is 1. The van der Waals surface area contributed by atoms with E-state index < -0.39 is 34.2 Å². The Balaban J connectivity index is 2.23. The van der Waals surface area contributed by atoms with Crippen LogP contribution in [0.1, 0.15) is 18.5 Å². The molecule has 26 heavy (non-hydrogen) atoms. The molecule has 0 fully saturated rings. The number of amides is 1. The number of hydrogen-bond acceptors (Lipinski definition) is 5. The van der Waals surface area contributed by atoms with Crippen LogP contribution in [0, 0.1) is 15.9 Å². The lowest BCUT2D eigenvalue weighted by molar-refractivity contribution is -0.384. The fraction of sp³-hybridized carbons (Fsp3) is 0.111. The van der Waals surface area contributed by atoms with Crippen LogP contribution in [-0.2, 0) is 9.59 Å². The van der Waals surface area contributed by atoms with Crippen LogP contribution < -0.4 is 4.90 Å². The Morgan fingerprint density at radius 3 is 2.54 bits per heavy atom. The Labute approximate surface area is 147 Å². The molecule has 1 atom stereocenters. The second kappa shape index (κ2) is 6.40. The molecule has 0 spiro atoms. The quantitative estimate of drug-likeness (QED) is 0.669. The van der Waals surface area contributed by atoms with E-state index in [0.29, 0.717) is 0 Å². The number of Topliss-reactive ketones (excluding diaryl/α,β-unsaturated/α-hetero) is 1. The zero-order valence-electron chi connectivity index (χ0n) is 13.5. The van der Waals surface area contributed by atoms with Crippen LogP contribution in [0.15, 0.2) is 59.9 Å². The molecule has 2 aromatic carbocycles. The zero-order chi connectivity index (χ0) is 19.0. The van der Waals surface area contributed by atoms with Crippen LogP contribution >= 0.6 is 0 Å². The lowest BCUT2D eigenvalue weighted by Crippen LogP contribution is -2.31. The van der Waals surface area contributed by atoms with Gasteiger partial charge in [-0.1, -0.05) is 24.3 Å². The molecular weight excluding hydrogens is 343 g/mol. The summed E-state index contributed by atoms with van der Waals surface area (Å²) in [7, 11) is 0. The number of hydrogen-bond donors (Lipinski definition) is 1. The molecule has 0 radical (unpaired) electrons. The normalized spacial score (nSPS) is 16.9. The molecule has 0 unspecified atom stereocenters. The molecule has 1 N–H and O–H groups in total. The van der Waals surface area contributed by atoms with E-state index in [9.17, 15) is 29.2 Å². The summed E-state index contributed by atoms with van der Waals surface area (Å²) < 4.78 is 14.3. The van der Waals surface area contributed by atoms with Crippen molar-refractivity contribution in [1.29, 1.82) is 0 Å². The second-order valence-electron chi connectivity index (χ2n) is 5.70. The second-order valence-corrected chi connectivity index (χ2v) is 5.70. The maximum Gasteiger partial charge on any atom is 0.294 e. The van der Waals surface area contributed by atoms with Gasteiger partial charge in [-0.3, -0.25) is 24.6 Å². The van der Waals surface area contributed by atoms with Gasteiger partial charge in [0.25, 0.3) is 11.6 Å². The van der Waals surface area contributed by atoms with Crippen LogP contribution in [-0.4, -0.2) is 21.7 Å². The SMILES string of the molecule is CC(=O)C1=C(O)C(=O)N(c2ccccc2F)[C@@H]1c1cccc([N+](=O)[O-])c1. The number of nitro benzene ring substituents is 1. The number of carbonyl (C=O) groups excluding carboxylic acids is 2. The molecule has 0 bridgehead atoms. The molecule has 1 aliphatic heterocycles. The van der Waals surface area contributed by atoms with E-state index in [1.54, 1.807) is 0 Å². The molecule has 0 saturated heterocycles. The third-order valence-electron chi connectivity index (χ3n) is 4.10. The molecule has 2 aromatic rings. The summed E-state index contributed by atoms with van der Waals surface area (Å²) in [4.78, 5) is 35.9. The first kappa shape index (κ1) is 17.3. The Kier molecular flexibility index (Phi) is 4.25. The van der Waals surface area contributed by atoms with Gasteiger partial charge in [0.2, 0.25) is 0 Å². The number of benzene rings is 2. The summed E-state index contributed by atoms with van der Waals surface area (Å²) in [6, 6.07) is 9.53. The highest BCUT2D eigenvalue weighted by Gasteiger charge is 2.44. The number of rotatable bonds is 4. The molecule has 132 valence electrons. The minimum absolute atomic E-state index is 0.142. The van der Waals surface area contributed by atoms with Gasteiger partial charge >= 0.3 is 0 Å². The molecule has 3 rings (SSSR count). The van der Waals surface area contributed by atoms with Gasteiger partial charge in [-0.25, -0.2) is 4.39 Å². The summed E-state index contributed by atoms with van der Waals surface area (Å²) in [6.45, 7) is 1.16. The van der Waals surface area contributed by atoms with Crippen molar-refractivity contribution in [3.63, 3.8) is 0 Å². The molecule has 7 nitrogen and oxygen atoms in total. The van der Waals surface area contributed by atoms with Crippen molar-refractivity contribution in [3.05, 3.63) is 81.4 Å². The summed E-state index contributed by atoms with van der Waals surface area (Å²) in [5.41, 5.74) is -0.418. The van der Waals surface area contributed by atoms with Crippen LogP contribution in [0.3, 0.4) is 0 Å². The summed E-state index contributed by atoms with van der Waals surface area (Å²) in [5.74, 6) is -3.06. The average Bonchev–Trinajstić information content (AvgIpc) is 2.87. The fourth-order valence-corrected chi connectivity index (χ4v) is 2.98. The van der Waals surface area contributed by atoms with E-state index in [-0.39, 0.29) is 22.5 Å². The van der Waals surface area contributed by atoms with Crippen molar-refractivity contribution in [2.75, 3.05) is 4.90 Å². The van der Waals surface area contributed by atoms with Crippen molar-refractivity contribution in [2.45, 2.75) is 13.0 Å². The number of halogens is 1. The minimum atomic E-state index is -1.17. The van der Waals surface area contributed by atoms with E-state index in [2.05, 4.69) is 0 Å². The van der Waals surface area contributed by atoms with Crippen LogP contribution in [0.5, 0.6) is 0 Å². The van der Waals surface area contributed by atoms with Gasteiger partial charge in [-0.05, 0) is 24.6 Å². The molecule has 0 aliphatic carbocycles. The van der Waals surface area contributed by atoms with Crippen molar-refractivity contribution in [2.24, 2.45) is 0 Å². The monoisotopic (exact) mass is 356 g/mol. The van der Waals surface area contributed by atoms with E-state index in [1.165, 1.54) is 42.5 Å². The Morgan fingerprint density at radius 1 is 1.23 bits per heavy atom. The van der Waals surface area contributed by atoms with E-state index in [1.807, 2.05) is 0 Å². The molecule has 1 amide bonds. The molecule has 1 heterocycles. The van der Waals surface area contributed by atoms with Crippen molar-refractivity contribution >= 4 is 23.1 Å². The zero-order valence-corrected chi connectivity index (χ0v) is 13.5. The van der Waals surface area contributed by atoms with Gasteiger partial charge in [-0.15, -0.1) is 0 Å². The Hall–Kier alpha value is -3.55. The van der Waals surface area contributed by atoms with E-state index in [4.69, 9.17) is 0 Å². The molecular formula is C18H13FN2O5. The number of nitro groups is 1. The first-order valence-corrected chi connectivity index (χ1v) is 7.59. The maximum absolute atomic E-state index is 14.3. The third kappa shape index (κ3) is 2.71. The maximum atomic E-state index is 14.3. The number of non-ortho nitro benzene ring substituents is 1. The van der Waals surface area contributed by atoms with Gasteiger partial charge in [0.05, 0.1) is 22.2 Å². The van der Waals surface area contributed by atoms with Gasteiger partial charge in [0.15, 0.2) is 11.5 Å². The first-order chi connectivity index (χ1) is 12.3. The molecule has 8 heteroatoms. The lowest BCUT2D eigenvalue weighted by atomic mass is 9.96. The van der Waals surface area contributed by atoms with Crippen molar-refractivity contribution < 1.29 is 24.0 Å². The molecule has 0 aromatic heterocycles. The van der Waals surface area contributed by atoms with Crippen LogP contribution in [0.25, 0.3) is 0 Å². The number of anilines is 1. The summed E-state index contributed by atoms with van der Waals surface area (Å²) in [5, 5.41) is 21.2. The first-order valence-electron chi connectivity index (χ1n) is 7.59. The number of carbonyl (C=O) groups is 2. The third-order valence-corrected chi connectivity index (χ3v) is 4.10. The van der Waals surface area contributed by atoms with Gasteiger partial charge in [0.1, 0.15) is 5.82 Å². The van der Waals surface area contributed by atoms with Gasteiger partial charge in [0, 0.05) is 12.1 Å². The minimum Gasteiger partial charge on any atom is -0.503 e. The predicted molar refractivity (Wildman–Crippen MR) is 90.1 cm³/mol. The van der Waals surface area contributed by atoms with Gasteiger partial charge < -0.3 is 5.11 Å². The topological polar surface area (TPSA) is 101 Å². The van der Waals surface area contributed by atoms with E-state index in [0.717, 1.165) is 17.9 Å². The predicted octanol–water partition coefficient (Wildman–Crippen LogP) is 3.22. The largest absolute Gasteiger partial charge is 0.503 e. The van der Waals surface area contributed by atoms with E-state index >= 15 is 0 Å².